The molecule has 0 aliphatic heterocycles. The number of carbonyl (C=O) groups is 2. The molecule has 11 nitrogen and oxygen atoms in total. The molecule has 11 heteroatoms. The van der Waals surface area contributed by atoms with Gasteiger partial charge in [-0.05, 0) is 24.3 Å². The smallest absolute Gasteiger partial charge is 0.374 e. The number of non-ortho nitro benzene ring substituents is 1. The van der Waals surface area contributed by atoms with Crippen LogP contribution in [0.3, 0.4) is 0 Å². The molecule has 1 N–H and O–H groups in total. The molecule has 1 aromatic carbocycles. The van der Waals surface area contributed by atoms with Crippen LogP contribution in [0, 0.1) is 10.1 Å². The third kappa shape index (κ3) is 4.97. The van der Waals surface area contributed by atoms with Crippen molar-refractivity contribution in [3.05, 3.63) is 70.4 Å². The molecule has 2 heterocycles. The van der Waals surface area contributed by atoms with Gasteiger partial charge in [-0.3, -0.25) is 19.6 Å². The highest BCUT2D eigenvalue weighted by Gasteiger charge is 2.17. The zero-order valence-electron chi connectivity index (χ0n) is 15.2. The standard InChI is InChI=1S/C18H16N4O7/c1-27-16-9-12(22(25)26)3-5-14(16)20-17(23)11-28-18(24)15-6-4-13(29-15)10-21-8-2-7-19-21/h2-9H,10-11H2,1H3,(H,20,23). The summed E-state index contributed by atoms with van der Waals surface area (Å²) in [6.07, 6.45) is 3.37. The first-order valence-corrected chi connectivity index (χ1v) is 8.32. The maximum Gasteiger partial charge on any atom is 0.374 e. The molecule has 29 heavy (non-hydrogen) atoms. The van der Waals surface area contributed by atoms with Crippen molar-refractivity contribution < 1.29 is 28.4 Å². The molecule has 0 unspecified atom stereocenters. The van der Waals surface area contributed by atoms with E-state index in [0.29, 0.717) is 12.3 Å². The number of anilines is 1. The Hall–Kier alpha value is -4.15. The minimum Gasteiger partial charge on any atom is -0.494 e. The largest absolute Gasteiger partial charge is 0.494 e. The highest BCUT2D eigenvalue weighted by molar-refractivity contribution is 5.95. The van der Waals surface area contributed by atoms with Gasteiger partial charge < -0.3 is 19.2 Å². The monoisotopic (exact) mass is 400 g/mol. The van der Waals surface area contributed by atoms with Gasteiger partial charge in [0.25, 0.3) is 11.6 Å². The summed E-state index contributed by atoms with van der Waals surface area (Å²) in [6.45, 7) is -0.227. The van der Waals surface area contributed by atoms with E-state index >= 15 is 0 Å². The normalized spacial score (nSPS) is 10.4. The van der Waals surface area contributed by atoms with Crippen LogP contribution in [0.15, 0.2) is 53.2 Å². The number of hydrogen-bond acceptors (Lipinski definition) is 8. The van der Waals surface area contributed by atoms with Crippen molar-refractivity contribution in [1.29, 1.82) is 0 Å². The van der Waals surface area contributed by atoms with Gasteiger partial charge in [0.15, 0.2) is 6.61 Å². The first kappa shape index (κ1) is 19.6. The van der Waals surface area contributed by atoms with Crippen LogP contribution in [0.5, 0.6) is 5.75 Å². The summed E-state index contributed by atoms with van der Waals surface area (Å²) in [6, 6.07) is 8.53. The summed E-state index contributed by atoms with van der Waals surface area (Å²) in [5, 5.41) is 17.3. The Kier molecular flexibility index (Phi) is 5.88. The Morgan fingerprint density at radius 2 is 2.14 bits per heavy atom. The maximum absolute atomic E-state index is 12.0. The molecular weight excluding hydrogens is 384 g/mol. The van der Waals surface area contributed by atoms with E-state index in [9.17, 15) is 19.7 Å². The number of ether oxygens (including phenoxy) is 2. The summed E-state index contributed by atoms with van der Waals surface area (Å²) < 4.78 is 17.0. The fourth-order valence-corrected chi connectivity index (χ4v) is 2.41. The lowest BCUT2D eigenvalue weighted by Crippen LogP contribution is -2.21. The lowest BCUT2D eigenvalue weighted by atomic mass is 10.2. The SMILES string of the molecule is COc1cc([N+](=O)[O-])ccc1NC(=O)COC(=O)c1ccc(Cn2cccn2)o1. The lowest BCUT2D eigenvalue weighted by Gasteiger charge is -2.10. The predicted octanol–water partition coefficient (Wildman–Crippen LogP) is 2.24. The summed E-state index contributed by atoms with van der Waals surface area (Å²) in [4.78, 5) is 34.3. The van der Waals surface area contributed by atoms with Gasteiger partial charge in [0.2, 0.25) is 5.76 Å². The number of rotatable bonds is 8. The van der Waals surface area contributed by atoms with E-state index in [4.69, 9.17) is 13.9 Å². The van der Waals surface area contributed by atoms with Gasteiger partial charge in [-0.15, -0.1) is 0 Å². The molecule has 0 bridgehead atoms. The zero-order chi connectivity index (χ0) is 20.8. The Morgan fingerprint density at radius 3 is 2.83 bits per heavy atom. The van der Waals surface area contributed by atoms with Crippen molar-refractivity contribution in [2.75, 3.05) is 19.0 Å². The number of nitrogens with one attached hydrogen (secondary N) is 1. The second-order valence-electron chi connectivity index (χ2n) is 5.74. The van der Waals surface area contributed by atoms with E-state index in [1.807, 2.05) is 0 Å². The van der Waals surface area contributed by atoms with Gasteiger partial charge in [-0.25, -0.2) is 4.79 Å². The fourth-order valence-electron chi connectivity index (χ4n) is 2.41. The van der Waals surface area contributed by atoms with Crippen LogP contribution in [-0.2, 0) is 16.1 Å². The van der Waals surface area contributed by atoms with Crippen LogP contribution in [0.25, 0.3) is 0 Å². The van der Waals surface area contributed by atoms with Crippen molar-refractivity contribution in [2.24, 2.45) is 0 Å². The number of carbonyl (C=O) groups excluding carboxylic acids is 2. The van der Waals surface area contributed by atoms with Crippen LogP contribution < -0.4 is 10.1 Å². The fraction of sp³-hybridized carbons (Fsp3) is 0.167. The molecule has 0 saturated heterocycles. The first-order valence-electron chi connectivity index (χ1n) is 8.32. The topological polar surface area (TPSA) is 139 Å². The van der Waals surface area contributed by atoms with Crippen molar-refractivity contribution in [1.82, 2.24) is 9.78 Å². The molecule has 0 radical (unpaired) electrons. The molecule has 0 atom stereocenters. The Labute approximate surface area is 164 Å². The summed E-state index contributed by atoms with van der Waals surface area (Å²) in [7, 11) is 1.31. The van der Waals surface area contributed by atoms with Gasteiger partial charge in [0.05, 0.1) is 30.3 Å². The number of furan rings is 1. The van der Waals surface area contributed by atoms with Gasteiger partial charge in [0.1, 0.15) is 11.5 Å². The highest BCUT2D eigenvalue weighted by Crippen LogP contribution is 2.28. The lowest BCUT2D eigenvalue weighted by molar-refractivity contribution is -0.384. The number of aromatic nitrogens is 2. The van der Waals surface area contributed by atoms with Gasteiger partial charge >= 0.3 is 5.97 Å². The average molecular weight is 400 g/mol. The summed E-state index contributed by atoms with van der Waals surface area (Å²) >= 11 is 0. The Bertz CT molecular complexity index is 1030. The molecule has 150 valence electrons. The van der Waals surface area contributed by atoms with Crippen molar-refractivity contribution >= 4 is 23.3 Å². The van der Waals surface area contributed by atoms with Crippen LogP contribution in [-0.4, -0.2) is 40.3 Å². The summed E-state index contributed by atoms with van der Waals surface area (Å²) in [5.74, 6) is -0.891. The maximum atomic E-state index is 12.0. The molecule has 2 aromatic heterocycles. The number of esters is 1. The molecule has 0 aliphatic carbocycles. The first-order chi connectivity index (χ1) is 14.0. The minimum atomic E-state index is -0.803. The van der Waals surface area contributed by atoms with Crippen LogP contribution >= 0.6 is 0 Å². The van der Waals surface area contributed by atoms with E-state index in [1.54, 1.807) is 29.2 Å². The van der Waals surface area contributed by atoms with Crippen LogP contribution in [0.2, 0.25) is 0 Å². The Balaban J connectivity index is 1.55. The number of nitrogens with zero attached hydrogens (tertiary/aromatic N) is 3. The second-order valence-corrected chi connectivity index (χ2v) is 5.74. The molecule has 0 spiro atoms. The number of benzene rings is 1. The number of nitro groups is 1. The summed E-state index contributed by atoms with van der Waals surface area (Å²) in [5.41, 5.74) is 0.0219. The third-order valence-electron chi connectivity index (χ3n) is 3.74. The van der Waals surface area contributed by atoms with Crippen molar-refractivity contribution in [3.63, 3.8) is 0 Å². The molecule has 0 fully saturated rings. The molecule has 3 aromatic rings. The van der Waals surface area contributed by atoms with E-state index in [1.165, 1.54) is 31.4 Å². The van der Waals surface area contributed by atoms with Crippen LogP contribution in [0.4, 0.5) is 11.4 Å². The predicted molar refractivity (Wildman–Crippen MR) is 98.6 cm³/mol. The highest BCUT2D eigenvalue weighted by atomic mass is 16.6. The molecule has 1 amide bonds. The number of nitro benzene ring substituents is 1. The Morgan fingerprint density at radius 1 is 1.31 bits per heavy atom. The number of methoxy groups -OCH3 is 1. The molecule has 0 saturated carbocycles. The van der Waals surface area contributed by atoms with E-state index < -0.39 is 23.4 Å². The van der Waals surface area contributed by atoms with E-state index in [2.05, 4.69) is 10.4 Å². The molecule has 0 aliphatic rings. The molecule has 3 rings (SSSR count). The third-order valence-corrected chi connectivity index (χ3v) is 3.74. The van der Waals surface area contributed by atoms with Gasteiger partial charge in [0, 0.05) is 18.5 Å². The second kappa shape index (κ2) is 8.69. The minimum absolute atomic E-state index is 0.0483. The molecular formula is C18H16N4O7. The van der Waals surface area contributed by atoms with Crippen LogP contribution in [0.1, 0.15) is 16.3 Å². The number of hydrogen-bond donors (Lipinski definition) is 1. The number of amides is 1. The van der Waals surface area contributed by atoms with Gasteiger partial charge in [-0.1, -0.05) is 0 Å². The van der Waals surface area contributed by atoms with E-state index in [0.717, 1.165) is 0 Å². The average Bonchev–Trinajstić information content (AvgIpc) is 3.39. The van der Waals surface area contributed by atoms with Crippen molar-refractivity contribution in [2.45, 2.75) is 6.54 Å². The zero-order valence-corrected chi connectivity index (χ0v) is 15.2. The van der Waals surface area contributed by atoms with E-state index in [-0.39, 0.29) is 22.9 Å². The van der Waals surface area contributed by atoms with Gasteiger partial charge in [-0.2, -0.15) is 5.10 Å². The quantitative estimate of drug-likeness (QED) is 0.345. The van der Waals surface area contributed by atoms with Crippen molar-refractivity contribution in [3.8, 4) is 5.75 Å².